The van der Waals surface area contributed by atoms with Gasteiger partial charge in [0.2, 0.25) is 0 Å². The molecular formula is C17H24O4. The molecule has 0 radical (unpaired) electrons. The van der Waals surface area contributed by atoms with E-state index in [-0.39, 0.29) is 18.3 Å². The third kappa shape index (κ3) is 6.15. The minimum Gasteiger partial charge on any atom is -0.508 e. The number of phenolic OH excluding ortho intramolecular Hbond substituents is 1. The molecule has 0 amide bonds. The maximum absolute atomic E-state index is 10.0. The number of rotatable bonds is 7. The van der Waals surface area contributed by atoms with Crippen LogP contribution in [0.5, 0.6) is 5.75 Å². The molecule has 0 saturated carbocycles. The maximum atomic E-state index is 10.0. The van der Waals surface area contributed by atoms with Crippen LogP contribution in [0.3, 0.4) is 0 Å². The lowest BCUT2D eigenvalue weighted by molar-refractivity contribution is 0.0939. The number of aliphatic hydroxyl groups is 3. The average Bonchev–Trinajstić information content (AvgIpc) is 2.46. The Morgan fingerprint density at radius 1 is 1.19 bits per heavy atom. The Labute approximate surface area is 125 Å². The quantitative estimate of drug-likeness (QED) is 0.581. The Morgan fingerprint density at radius 3 is 2.33 bits per heavy atom. The molecular weight excluding hydrogens is 268 g/mol. The van der Waals surface area contributed by atoms with Crippen LogP contribution < -0.4 is 0 Å². The summed E-state index contributed by atoms with van der Waals surface area (Å²) >= 11 is 0. The van der Waals surface area contributed by atoms with E-state index in [0.29, 0.717) is 12.8 Å². The topological polar surface area (TPSA) is 80.9 Å². The fourth-order valence-electron chi connectivity index (χ4n) is 1.91. The van der Waals surface area contributed by atoms with Crippen molar-refractivity contribution in [3.8, 4) is 5.75 Å². The van der Waals surface area contributed by atoms with Crippen LogP contribution in [0.15, 0.2) is 41.6 Å². The van der Waals surface area contributed by atoms with Crippen molar-refractivity contribution in [1.29, 1.82) is 0 Å². The van der Waals surface area contributed by atoms with Gasteiger partial charge in [-0.25, -0.2) is 0 Å². The molecule has 116 valence electrons. The number of benzene rings is 1. The van der Waals surface area contributed by atoms with Crippen molar-refractivity contribution in [1.82, 2.24) is 0 Å². The molecule has 4 nitrogen and oxygen atoms in total. The van der Waals surface area contributed by atoms with E-state index in [4.69, 9.17) is 5.11 Å². The van der Waals surface area contributed by atoms with Crippen LogP contribution in [0, 0.1) is 5.92 Å². The van der Waals surface area contributed by atoms with E-state index < -0.39 is 12.2 Å². The molecule has 4 heteroatoms. The third-order valence-corrected chi connectivity index (χ3v) is 3.27. The lowest BCUT2D eigenvalue weighted by atomic mass is 9.97. The maximum Gasteiger partial charge on any atom is 0.115 e. The Kier molecular flexibility index (Phi) is 7.20. The molecule has 2 atom stereocenters. The van der Waals surface area contributed by atoms with Crippen LogP contribution in [0.25, 0.3) is 0 Å². The predicted octanol–water partition coefficient (Wildman–Crippen LogP) is 2.30. The number of phenols is 1. The highest BCUT2D eigenvalue weighted by Gasteiger charge is 2.09. The lowest BCUT2D eigenvalue weighted by Gasteiger charge is -2.12. The summed E-state index contributed by atoms with van der Waals surface area (Å²) in [7, 11) is 0. The molecule has 0 bridgehead atoms. The average molecular weight is 292 g/mol. The molecule has 0 saturated heterocycles. The molecule has 1 rings (SSSR count). The predicted molar refractivity (Wildman–Crippen MR) is 81.8 cm³/mol. The fraction of sp³-hybridized carbons (Fsp3) is 0.471. The zero-order valence-corrected chi connectivity index (χ0v) is 12.5. The number of hydrogen-bond donors (Lipinski definition) is 4. The summed E-state index contributed by atoms with van der Waals surface area (Å²) in [5, 5.41) is 37.6. The first kappa shape index (κ1) is 17.5. The summed E-state index contributed by atoms with van der Waals surface area (Å²) in [6.45, 7) is 3.72. The molecule has 21 heavy (non-hydrogen) atoms. The van der Waals surface area contributed by atoms with Gasteiger partial charge in [-0.05, 0) is 35.3 Å². The van der Waals surface area contributed by atoms with Gasteiger partial charge in [-0.1, -0.05) is 26.0 Å². The molecule has 0 aliphatic heterocycles. The molecule has 0 aliphatic carbocycles. The molecule has 0 unspecified atom stereocenters. The largest absolute Gasteiger partial charge is 0.508 e. The van der Waals surface area contributed by atoms with E-state index in [9.17, 15) is 15.3 Å². The van der Waals surface area contributed by atoms with Gasteiger partial charge in [0.25, 0.3) is 0 Å². The van der Waals surface area contributed by atoms with E-state index in [0.717, 1.165) is 11.1 Å². The van der Waals surface area contributed by atoms with Gasteiger partial charge in [-0.3, -0.25) is 0 Å². The van der Waals surface area contributed by atoms with Crippen LogP contribution in [0.2, 0.25) is 0 Å². The second-order valence-corrected chi connectivity index (χ2v) is 5.41. The summed E-state index contributed by atoms with van der Waals surface area (Å²) < 4.78 is 0. The summed E-state index contributed by atoms with van der Waals surface area (Å²) in [6, 6.07) is 6.43. The van der Waals surface area contributed by atoms with Crippen LogP contribution in [0.1, 0.15) is 38.4 Å². The van der Waals surface area contributed by atoms with Crippen LogP contribution >= 0.6 is 0 Å². The zero-order chi connectivity index (χ0) is 15.8. The van der Waals surface area contributed by atoms with E-state index in [1.807, 2.05) is 13.8 Å². The van der Waals surface area contributed by atoms with E-state index in [2.05, 4.69) is 5.73 Å². The Bertz CT molecular complexity index is 484. The molecule has 1 aromatic rings. The number of hydrogen-bond acceptors (Lipinski definition) is 4. The summed E-state index contributed by atoms with van der Waals surface area (Å²) in [6.07, 6.45) is 1.09. The van der Waals surface area contributed by atoms with Crippen molar-refractivity contribution in [2.24, 2.45) is 5.92 Å². The molecule has 0 heterocycles. The summed E-state index contributed by atoms with van der Waals surface area (Å²) in [5.41, 5.74) is 4.75. The zero-order valence-electron chi connectivity index (χ0n) is 12.5. The van der Waals surface area contributed by atoms with Crippen molar-refractivity contribution in [3.63, 3.8) is 0 Å². The third-order valence-electron chi connectivity index (χ3n) is 3.27. The molecule has 0 fully saturated rings. The van der Waals surface area contributed by atoms with Crippen molar-refractivity contribution in [2.75, 3.05) is 6.61 Å². The highest BCUT2D eigenvalue weighted by Crippen LogP contribution is 2.20. The molecule has 1 aromatic carbocycles. The Hall–Kier alpha value is -1.58. The minimum absolute atomic E-state index is 0.168. The highest BCUT2D eigenvalue weighted by molar-refractivity contribution is 5.27. The van der Waals surface area contributed by atoms with Crippen LogP contribution in [-0.4, -0.2) is 33.1 Å². The van der Waals surface area contributed by atoms with Gasteiger partial charge >= 0.3 is 0 Å². The van der Waals surface area contributed by atoms with E-state index in [1.165, 1.54) is 12.1 Å². The van der Waals surface area contributed by atoms with Crippen molar-refractivity contribution < 1.29 is 20.4 Å². The number of aromatic hydroxyl groups is 1. The van der Waals surface area contributed by atoms with Gasteiger partial charge in [0.05, 0.1) is 18.8 Å². The van der Waals surface area contributed by atoms with Crippen LogP contribution in [-0.2, 0) is 0 Å². The molecule has 0 spiro atoms. The second kappa shape index (κ2) is 8.65. The fourth-order valence-corrected chi connectivity index (χ4v) is 1.91. The van der Waals surface area contributed by atoms with Crippen molar-refractivity contribution in [3.05, 3.63) is 47.2 Å². The standard InChI is InChI=1S/C17H24O4/c1-12(2)14(10-16(20)11-18)4-3-5-17(21)13-6-8-15(19)9-7-13/h3,6-9,12,16-21H,5,10-11H2,1-2H3/t4?,16-,17-/m1/s1. The van der Waals surface area contributed by atoms with Gasteiger partial charge in [0, 0.05) is 12.8 Å². The normalized spacial score (nSPS) is 13.6. The van der Waals surface area contributed by atoms with Gasteiger partial charge in [-0.2, -0.15) is 0 Å². The highest BCUT2D eigenvalue weighted by atomic mass is 16.3. The first-order chi connectivity index (χ1) is 9.93. The van der Waals surface area contributed by atoms with Crippen LogP contribution in [0.4, 0.5) is 0 Å². The smallest absolute Gasteiger partial charge is 0.115 e. The molecule has 0 aliphatic rings. The summed E-state index contributed by atoms with van der Waals surface area (Å²) in [4.78, 5) is 0. The Morgan fingerprint density at radius 2 is 1.81 bits per heavy atom. The minimum atomic E-state index is -0.773. The van der Waals surface area contributed by atoms with Gasteiger partial charge in [0.15, 0.2) is 0 Å². The first-order valence-electron chi connectivity index (χ1n) is 7.13. The van der Waals surface area contributed by atoms with Crippen molar-refractivity contribution in [2.45, 2.75) is 38.9 Å². The van der Waals surface area contributed by atoms with Crippen molar-refractivity contribution >= 4 is 0 Å². The molecule has 0 aromatic heterocycles. The first-order valence-corrected chi connectivity index (χ1v) is 7.13. The van der Waals surface area contributed by atoms with Gasteiger partial charge in [0.1, 0.15) is 5.75 Å². The van der Waals surface area contributed by atoms with Gasteiger partial charge < -0.3 is 20.4 Å². The molecule has 4 N–H and O–H groups in total. The van der Waals surface area contributed by atoms with E-state index >= 15 is 0 Å². The Balaban J connectivity index is 2.72. The SMILES string of the molecule is CC(C)C(=C=CC[C@@H](O)c1ccc(O)cc1)C[C@@H](O)CO. The second-order valence-electron chi connectivity index (χ2n) is 5.41. The lowest BCUT2D eigenvalue weighted by Crippen LogP contribution is -2.14. The summed E-state index contributed by atoms with van der Waals surface area (Å²) in [5.74, 6) is 0.384. The van der Waals surface area contributed by atoms with E-state index in [1.54, 1.807) is 18.2 Å². The van der Waals surface area contributed by atoms with Gasteiger partial charge in [-0.15, -0.1) is 5.73 Å². The monoisotopic (exact) mass is 292 g/mol. The number of aliphatic hydroxyl groups excluding tert-OH is 3.